The summed E-state index contributed by atoms with van der Waals surface area (Å²) < 4.78 is 53.9. The van der Waals surface area contributed by atoms with E-state index in [0.717, 1.165) is 6.20 Å². The van der Waals surface area contributed by atoms with Gasteiger partial charge in [-0.05, 0) is 0 Å². The molecule has 0 fully saturated rings. The van der Waals surface area contributed by atoms with E-state index in [9.17, 15) is 17.6 Å². The van der Waals surface area contributed by atoms with Gasteiger partial charge in [0.2, 0.25) is 0 Å². The van der Waals surface area contributed by atoms with Gasteiger partial charge in [-0.1, -0.05) is 13.8 Å². The van der Waals surface area contributed by atoms with Crippen molar-refractivity contribution < 1.29 is 27.4 Å². The highest BCUT2D eigenvalue weighted by Crippen LogP contribution is 2.25. The maximum absolute atomic E-state index is 12.7. The highest BCUT2D eigenvalue weighted by molar-refractivity contribution is 5.24. The van der Waals surface area contributed by atoms with Gasteiger partial charge in [-0.2, -0.15) is 8.78 Å². The van der Waals surface area contributed by atoms with Crippen molar-refractivity contribution in [3.63, 3.8) is 0 Å². The Balaban J connectivity index is 2.84. The summed E-state index contributed by atoms with van der Waals surface area (Å²) in [6.45, 7) is 1.56. The molecule has 0 aromatic carbocycles. The van der Waals surface area contributed by atoms with E-state index in [-0.39, 0.29) is 17.4 Å². The van der Waals surface area contributed by atoms with E-state index in [4.69, 9.17) is 5.11 Å². The van der Waals surface area contributed by atoms with Crippen LogP contribution in [0, 0.1) is 0 Å². The minimum absolute atomic E-state index is 0.0104. The van der Waals surface area contributed by atoms with E-state index in [2.05, 4.69) is 14.7 Å². The third-order valence-electron chi connectivity index (χ3n) is 2.25. The first-order valence-corrected chi connectivity index (χ1v) is 5.53. The fraction of sp³-hybridized carbons (Fsp3) is 0.636. The Kier molecular flexibility index (Phi) is 5.04. The lowest BCUT2D eigenvalue weighted by molar-refractivity contribution is -0.148. The smallest absolute Gasteiger partial charge is 0.340 e. The first kappa shape index (κ1) is 15.6. The molecule has 0 bridgehead atoms. The van der Waals surface area contributed by atoms with E-state index in [1.54, 1.807) is 0 Å². The first-order chi connectivity index (χ1) is 8.77. The molecule has 8 heteroatoms. The van der Waals surface area contributed by atoms with Crippen LogP contribution in [-0.2, 0) is 6.61 Å². The highest BCUT2D eigenvalue weighted by Gasteiger charge is 2.41. The topological polar surface area (TPSA) is 55.2 Å². The van der Waals surface area contributed by atoms with Gasteiger partial charge >= 0.3 is 12.3 Å². The van der Waals surface area contributed by atoms with Crippen LogP contribution >= 0.6 is 0 Å². The van der Waals surface area contributed by atoms with Gasteiger partial charge in [0, 0.05) is 5.92 Å². The normalized spacial score (nSPS) is 12.3. The van der Waals surface area contributed by atoms with Crippen molar-refractivity contribution in [1.82, 2.24) is 9.97 Å². The zero-order valence-electron chi connectivity index (χ0n) is 10.4. The maximum atomic E-state index is 12.7. The fourth-order valence-corrected chi connectivity index (χ4v) is 1.17. The van der Waals surface area contributed by atoms with E-state index in [0.29, 0.717) is 5.82 Å². The number of alkyl halides is 4. The second-order valence-corrected chi connectivity index (χ2v) is 4.20. The molecule has 0 amide bonds. The van der Waals surface area contributed by atoms with Gasteiger partial charge in [-0.25, -0.2) is 18.7 Å². The molecule has 0 aliphatic rings. The van der Waals surface area contributed by atoms with Crippen molar-refractivity contribution in [3.05, 3.63) is 17.7 Å². The first-order valence-electron chi connectivity index (χ1n) is 5.53. The van der Waals surface area contributed by atoms with Crippen molar-refractivity contribution in [1.29, 1.82) is 0 Å². The Morgan fingerprint density at radius 2 is 2.00 bits per heavy atom. The molecule has 0 radical (unpaired) electrons. The largest absolute Gasteiger partial charge is 0.483 e. The number of rotatable bonds is 6. The van der Waals surface area contributed by atoms with E-state index >= 15 is 0 Å². The second kappa shape index (κ2) is 6.14. The lowest BCUT2D eigenvalue weighted by Gasteiger charge is -2.17. The molecule has 0 atom stereocenters. The molecule has 4 nitrogen and oxygen atoms in total. The van der Waals surface area contributed by atoms with Crippen molar-refractivity contribution in [2.75, 3.05) is 6.61 Å². The third-order valence-corrected chi connectivity index (χ3v) is 2.25. The van der Waals surface area contributed by atoms with Gasteiger partial charge in [0.05, 0.1) is 12.8 Å². The third kappa shape index (κ3) is 4.02. The summed E-state index contributed by atoms with van der Waals surface area (Å²) in [6, 6.07) is 0. The van der Waals surface area contributed by atoms with Gasteiger partial charge in [-0.15, -0.1) is 0 Å². The fourth-order valence-electron chi connectivity index (χ4n) is 1.17. The van der Waals surface area contributed by atoms with Gasteiger partial charge in [-0.3, -0.25) is 0 Å². The summed E-state index contributed by atoms with van der Waals surface area (Å²) >= 11 is 0. The number of nitrogens with zero attached hydrogens (tertiary/aromatic N) is 2. The minimum Gasteiger partial charge on any atom is -0.483 e. The predicted octanol–water partition coefficient (Wildman–Crippen LogP) is 2.37. The number of hydrogen-bond acceptors (Lipinski definition) is 4. The van der Waals surface area contributed by atoms with Gasteiger partial charge < -0.3 is 9.84 Å². The van der Waals surface area contributed by atoms with Crippen LogP contribution in [0.1, 0.15) is 31.3 Å². The second-order valence-electron chi connectivity index (χ2n) is 4.20. The SMILES string of the molecule is CC(C)c1ncc(OCC(F)(F)C(F)F)c(CO)n1. The Morgan fingerprint density at radius 1 is 1.37 bits per heavy atom. The van der Waals surface area contributed by atoms with Gasteiger partial charge in [0.1, 0.15) is 11.5 Å². The Hall–Kier alpha value is -1.44. The number of aliphatic hydroxyl groups is 1. The molecular formula is C11H14F4N2O2. The summed E-state index contributed by atoms with van der Waals surface area (Å²) in [7, 11) is 0. The summed E-state index contributed by atoms with van der Waals surface area (Å²) in [5, 5.41) is 9.06. The molecule has 1 N–H and O–H groups in total. The lowest BCUT2D eigenvalue weighted by atomic mass is 10.2. The van der Waals surface area contributed by atoms with Crippen molar-refractivity contribution in [2.45, 2.75) is 38.7 Å². The number of aromatic nitrogens is 2. The molecule has 0 aliphatic heterocycles. The molecule has 108 valence electrons. The molecule has 0 aliphatic carbocycles. The van der Waals surface area contributed by atoms with Crippen LogP contribution in [0.5, 0.6) is 5.75 Å². The molecule has 1 heterocycles. The van der Waals surface area contributed by atoms with Crippen LogP contribution in [-0.4, -0.2) is 34.0 Å². The molecule has 1 aromatic rings. The van der Waals surface area contributed by atoms with E-state index < -0.39 is 25.6 Å². The summed E-state index contributed by atoms with van der Waals surface area (Å²) in [5.74, 6) is -4.12. The Morgan fingerprint density at radius 3 is 2.47 bits per heavy atom. The number of hydrogen-bond donors (Lipinski definition) is 1. The van der Waals surface area contributed by atoms with Gasteiger partial charge in [0.15, 0.2) is 12.4 Å². The molecule has 1 rings (SSSR count). The van der Waals surface area contributed by atoms with Crippen LogP contribution < -0.4 is 4.74 Å². The zero-order chi connectivity index (χ0) is 14.6. The average molecular weight is 282 g/mol. The molecule has 19 heavy (non-hydrogen) atoms. The molecule has 1 aromatic heterocycles. The molecule has 0 unspecified atom stereocenters. The van der Waals surface area contributed by atoms with Crippen LogP contribution in [0.25, 0.3) is 0 Å². The number of aliphatic hydroxyl groups excluding tert-OH is 1. The summed E-state index contributed by atoms with van der Waals surface area (Å²) in [6.07, 6.45) is -2.73. The predicted molar refractivity (Wildman–Crippen MR) is 58.5 cm³/mol. The zero-order valence-corrected chi connectivity index (χ0v) is 10.4. The molecule has 0 saturated heterocycles. The number of halogens is 4. The summed E-state index contributed by atoms with van der Waals surface area (Å²) in [4.78, 5) is 7.77. The monoisotopic (exact) mass is 282 g/mol. The quantitative estimate of drug-likeness (QED) is 0.814. The number of ether oxygens (including phenoxy) is 1. The maximum Gasteiger partial charge on any atom is 0.340 e. The van der Waals surface area contributed by atoms with E-state index in [1.165, 1.54) is 0 Å². The molecule has 0 spiro atoms. The Labute approximate surface area is 107 Å². The van der Waals surface area contributed by atoms with Crippen molar-refractivity contribution in [2.24, 2.45) is 0 Å². The average Bonchev–Trinajstić information content (AvgIpc) is 2.35. The van der Waals surface area contributed by atoms with Crippen molar-refractivity contribution in [3.8, 4) is 5.75 Å². The van der Waals surface area contributed by atoms with Crippen LogP contribution in [0.4, 0.5) is 17.6 Å². The Bertz CT molecular complexity index is 427. The molecule has 0 saturated carbocycles. The van der Waals surface area contributed by atoms with Gasteiger partial charge in [0.25, 0.3) is 0 Å². The molecular weight excluding hydrogens is 268 g/mol. The standard InChI is InChI=1S/C11H14F4N2O2/c1-6(2)9-16-3-8(7(4-18)17-9)19-5-11(14,15)10(12)13/h3,6,10,18H,4-5H2,1-2H3. The highest BCUT2D eigenvalue weighted by atomic mass is 19.3. The lowest BCUT2D eigenvalue weighted by Crippen LogP contribution is -2.34. The minimum atomic E-state index is -4.26. The van der Waals surface area contributed by atoms with Crippen LogP contribution in [0.15, 0.2) is 6.20 Å². The van der Waals surface area contributed by atoms with Crippen LogP contribution in [0.2, 0.25) is 0 Å². The van der Waals surface area contributed by atoms with Crippen LogP contribution in [0.3, 0.4) is 0 Å². The van der Waals surface area contributed by atoms with Crippen molar-refractivity contribution >= 4 is 0 Å². The summed E-state index contributed by atoms with van der Waals surface area (Å²) in [5.41, 5.74) is -0.0104. The van der Waals surface area contributed by atoms with E-state index in [1.807, 2.05) is 13.8 Å².